The minimum absolute atomic E-state index is 0.599. The molecular formula is C12H13BrO2. The van der Waals surface area contributed by atoms with E-state index in [9.17, 15) is 5.11 Å². The summed E-state index contributed by atoms with van der Waals surface area (Å²) in [4.78, 5) is 0. The van der Waals surface area contributed by atoms with Gasteiger partial charge in [-0.1, -0.05) is 15.9 Å². The Morgan fingerprint density at radius 2 is 2.13 bits per heavy atom. The summed E-state index contributed by atoms with van der Waals surface area (Å²) in [6, 6.07) is 5.92. The molecule has 1 aromatic carbocycles. The van der Waals surface area contributed by atoms with Gasteiger partial charge in [-0.05, 0) is 32.0 Å². The van der Waals surface area contributed by atoms with Crippen molar-refractivity contribution in [3.05, 3.63) is 34.5 Å². The van der Waals surface area contributed by atoms with Gasteiger partial charge in [0.05, 0.1) is 11.9 Å². The monoisotopic (exact) mass is 268 g/mol. The van der Waals surface area contributed by atoms with Crippen LogP contribution in [0.4, 0.5) is 0 Å². The maximum Gasteiger partial charge on any atom is 0.135 e. The fourth-order valence-electron chi connectivity index (χ4n) is 1.66. The number of hydrogen-bond acceptors (Lipinski definition) is 2. The van der Waals surface area contributed by atoms with E-state index in [1.165, 1.54) is 0 Å². The van der Waals surface area contributed by atoms with E-state index >= 15 is 0 Å². The molecule has 0 aliphatic rings. The molecule has 0 radical (unpaired) electrons. The van der Waals surface area contributed by atoms with Gasteiger partial charge >= 0.3 is 0 Å². The molecule has 0 saturated carbocycles. The summed E-state index contributed by atoms with van der Waals surface area (Å²) in [6.07, 6.45) is 2.32. The van der Waals surface area contributed by atoms with Gasteiger partial charge in [0.1, 0.15) is 5.58 Å². The second-order valence-corrected chi connectivity index (χ2v) is 5.31. The molecule has 80 valence electrons. The van der Waals surface area contributed by atoms with E-state index in [2.05, 4.69) is 15.9 Å². The number of hydrogen-bond donors (Lipinski definition) is 1. The Hall–Kier alpha value is -0.800. The molecule has 0 saturated heterocycles. The van der Waals surface area contributed by atoms with Gasteiger partial charge in [-0.25, -0.2) is 0 Å². The van der Waals surface area contributed by atoms with Crippen molar-refractivity contribution in [2.45, 2.75) is 25.9 Å². The smallest absolute Gasteiger partial charge is 0.135 e. The van der Waals surface area contributed by atoms with Gasteiger partial charge in [0.15, 0.2) is 0 Å². The topological polar surface area (TPSA) is 33.4 Å². The van der Waals surface area contributed by atoms with E-state index < -0.39 is 5.60 Å². The third-order valence-corrected chi connectivity index (χ3v) is 2.73. The quantitative estimate of drug-likeness (QED) is 0.905. The first kappa shape index (κ1) is 10.7. The molecule has 0 spiro atoms. The lowest BCUT2D eigenvalue weighted by atomic mass is 9.98. The summed E-state index contributed by atoms with van der Waals surface area (Å²) in [5.74, 6) is 0. The average Bonchev–Trinajstić information content (AvgIpc) is 2.45. The van der Waals surface area contributed by atoms with Gasteiger partial charge in [-0.2, -0.15) is 0 Å². The summed E-state index contributed by atoms with van der Waals surface area (Å²) in [5, 5.41) is 10.8. The summed E-state index contributed by atoms with van der Waals surface area (Å²) < 4.78 is 6.43. The Labute approximate surface area is 97.0 Å². The summed E-state index contributed by atoms with van der Waals surface area (Å²) in [7, 11) is 0. The van der Waals surface area contributed by atoms with Crippen LogP contribution in [0.3, 0.4) is 0 Å². The molecule has 0 bridgehead atoms. The number of benzene rings is 1. The molecule has 1 heterocycles. The number of aliphatic hydroxyl groups is 1. The lowest BCUT2D eigenvalue weighted by molar-refractivity contribution is 0.0811. The Morgan fingerprint density at radius 1 is 1.40 bits per heavy atom. The predicted octanol–water partition coefficient (Wildman–Crippen LogP) is 3.51. The van der Waals surface area contributed by atoms with Crippen molar-refractivity contribution in [2.24, 2.45) is 0 Å². The zero-order valence-electron chi connectivity index (χ0n) is 8.75. The van der Waals surface area contributed by atoms with E-state index in [0.29, 0.717) is 6.42 Å². The molecule has 1 N–H and O–H groups in total. The predicted molar refractivity (Wildman–Crippen MR) is 63.9 cm³/mol. The molecule has 0 aliphatic heterocycles. The van der Waals surface area contributed by atoms with Crippen molar-refractivity contribution < 1.29 is 9.52 Å². The maximum absolute atomic E-state index is 9.75. The minimum atomic E-state index is -0.704. The molecule has 3 heteroatoms. The molecule has 2 nitrogen and oxygen atoms in total. The van der Waals surface area contributed by atoms with Gasteiger partial charge in [0, 0.05) is 21.8 Å². The molecule has 0 atom stereocenters. The second kappa shape index (κ2) is 3.65. The van der Waals surface area contributed by atoms with Crippen molar-refractivity contribution in [2.75, 3.05) is 0 Å². The van der Waals surface area contributed by atoms with Crippen LogP contribution in [0.2, 0.25) is 0 Å². The largest absolute Gasteiger partial charge is 0.464 e. The van der Waals surface area contributed by atoms with Crippen LogP contribution in [0.15, 0.2) is 33.4 Å². The average molecular weight is 269 g/mol. The lowest BCUT2D eigenvalue weighted by Gasteiger charge is -2.15. The molecular weight excluding hydrogens is 256 g/mol. The third-order valence-electron chi connectivity index (χ3n) is 2.24. The Kier molecular flexibility index (Phi) is 2.61. The van der Waals surface area contributed by atoms with Crippen molar-refractivity contribution in [3.63, 3.8) is 0 Å². The van der Waals surface area contributed by atoms with Crippen molar-refractivity contribution in [1.29, 1.82) is 0 Å². The molecule has 2 aromatic rings. The first-order chi connectivity index (χ1) is 6.96. The molecule has 0 fully saturated rings. The molecule has 0 aliphatic carbocycles. The van der Waals surface area contributed by atoms with Gasteiger partial charge in [0.25, 0.3) is 0 Å². The summed E-state index contributed by atoms with van der Waals surface area (Å²) in [5.41, 5.74) is 1.19. The summed E-state index contributed by atoms with van der Waals surface area (Å²) >= 11 is 3.39. The standard InChI is InChI=1S/C12H13BrO2/c1-12(2,14)6-8-7-15-11-5-9(13)3-4-10(8)11/h3-5,7,14H,6H2,1-2H3. The Morgan fingerprint density at radius 3 is 2.80 bits per heavy atom. The third kappa shape index (κ3) is 2.41. The van der Waals surface area contributed by atoms with Crippen LogP contribution in [0.25, 0.3) is 11.0 Å². The van der Waals surface area contributed by atoms with E-state index in [0.717, 1.165) is 21.0 Å². The molecule has 1 aromatic heterocycles. The second-order valence-electron chi connectivity index (χ2n) is 4.39. The van der Waals surface area contributed by atoms with Gasteiger partial charge in [0.2, 0.25) is 0 Å². The fraction of sp³-hybridized carbons (Fsp3) is 0.333. The lowest BCUT2D eigenvalue weighted by Crippen LogP contribution is -2.21. The zero-order chi connectivity index (χ0) is 11.1. The van der Waals surface area contributed by atoms with Crippen LogP contribution in [-0.2, 0) is 6.42 Å². The van der Waals surface area contributed by atoms with Crippen LogP contribution in [0, 0.1) is 0 Å². The zero-order valence-corrected chi connectivity index (χ0v) is 10.3. The van der Waals surface area contributed by atoms with E-state index in [4.69, 9.17) is 4.42 Å². The van der Waals surface area contributed by atoms with E-state index in [1.807, 2.05) is 18.2 Å². The normalized spacial score (nSPS) is 12.3. The van der Waals surface area contributed by atoms with Gasteiger partial charge < -0.3 is 9.52 Å². The van der Waals surface area contributed by atoms with E-state index in [-0.39, 0.29) is 0 Å². The van der Waals surface area contributed by atoms with Crippen LogP contribution in [0.5, 0.6) is 0 Å². The fourth-order valence-corrected chi connectivity index (χ4v) is 2.00. The maximum atomic E-state index is 9.75. The Balaban J connectivity index is 2.45. The van der Waals surface area contributed by atoms with Crippen LogP contribution < -0.4 is 0 Å². The first-order valence-electron chi connectivity index (χ1n) is 4.84. The van der Waals surface area contributed by atoms with Gasteiger partial charge in [-0.3, -0.25) is 0 Å². The molecule has 0 unspecified atom stereocenters. The van der Waals surface area contributed by atoms with Crippen LogP contribution >= 0.6 is 15.9 Å². The molecule has 2 rings (SSSR count). The number of halogens is 1. The highest BCUT2D eigenvalue weighted by molar-refractivity contribution is 9.10. The number of furan rings is 1. The van der Waals surface area contributed by atoms with Gasteiger partial charge in [-0.15, -0.1) is 0 Å². The molecule has 15 heavy (non-hydrogen) atoms. The minimum Gasteiger partial charge on any atom is -0.464 e. The Bertz CT molecular complexity index is 480. The summed E-state index contributed by atoms with van der Waals surface area (Å²) in [6.45, 7) is 3.59. The molecule has 0 amide bonds. The van der Waals surface area contributed by atoms with Crippen molar-refractivity contribution in [3.8, 4) is 0 Å². The highest BCUT2D eigenvalue weighted by Crippen LogP contribution is 2.27. The van der Waals surface area contributed by atoms with Crippen molar-refractivity contribution in [1.82, 2.24) is 0 Å². The highest BCUT2D eigenvalue weighted by Gasteiger charge is 2.17. The number of fused-ring (bicyclic) bond motifs is 1. The number of rotatable bonds is 2. The highest BCUT2D eigenvalue weighted by atomic mass is 79.9. The van der Waals surface area contributed by atoms with Crippen LogP contribution in [0.1, 0.15) is 19.4 Å². The van der Waals surface area contributed by atoms with Crippen LogP contribution in [-0.4, -0.2) is 10.7 Å². The van der Waals surface area contributed by atoms with Crippen molar-refractivity contribution >= 4 is 26.9 Å². The first-order valence-corrected chi connectivity index (χ1v) is 5.63. The van der Waals surface area contributed by atoms with E-state index in [1.54, 1.807) is 20.1 Å². The SMILES string of the molecule is CC(C)(O)Cc1coc2cc(Br)ccc12.